The number of carbonyl (C=O) groups excluding carboxylic acids is 1. The third-order valence-corrected chi connectivity index (χ3v) is 4.88. The lowest BCUT2D eigenvalue weighted by atomic mass is 10.2. The van der Waals surface area contributed by atoms with E-state index in [0.717, 1.165) is 34.6 Å². The summed E-state index contributed by atoms with van der Waals surface area (Å²) >= 11 is 1.61. The van der Waals surface area contributed by atoms with Crippen LogP contribution in [0.4, 0.5) is 5.82 Å². The summed E-state index contributed by atoms with van der Waals surface area (Å²) in [6.45, 7) is 2.69. The number of fused-ring (bicyclic) bond motifs is 1. The number of hydrogen-bond donors (Lipinski definition) is 1. The monoisotopic (exact) mass is 327 g/mol. The fourth-order valence-electron chi connectivity index (χ4n) is 2.83. The van der Waals surface area contributed by atoms with Gasteiger partial charge in [0.15, 0.2) is 0 Å². The van der Waals surface area contributed by atoms with Gasteiger partial charge in [0.1, 0.15) is 23.3 Å². The molecular formula is C17H17N3O2S. The van der Waals surface area contributed by atoms with Crippen LogP contribution in [-0.4, -0.2) is 28.0 Å². The van der Waals surface area contributed by atoms with Crippen LogP contribution in [0, 0.1) is 6.92 Å². The second-order valence-electron chi connectivity index (χ2n) is 5.71. The Labute approximate surface area is 137 Å². The Morgan fingerprint density at radius 2 is 2.39 bits per heavy atom. The number of anilines is 1. The van der Waals surface area contributed by atoms with E-state index in [4.69, 9.17) is 9.72 Å². The van der Waals surface area contributed by atoms with E-state index in [2.05, 4.69) is 5.32 Å². The van der Waals surface area contributed by atoms with Crippen molar-refractivity contribution >= 4 is 28.7 Å². The molecule has 1 saturated heterocycles. The maximum Gasteiger partial charge on any atom is 0.254 e. The van der Waals surface area contributed by atoms with Crippen LogP contribution in [-0.2, 0) is 9.53 Å². The van der Waals surface area contributed by atoms with Gasteiger partial charge in [-0.25, -0.2) is 4.98 Å². The van der Waals surface area contributed by atoms with Gasteiger partial charge in [0.05, 0.1) is 4.88 Å². The Balaban J connectivity index is 1.79. The zero-order chi connectivity index (χ0) is 15.8. The topological polar surface area (TPSA) is 55.6 Å². The van der Waals surface area contributed by atoms with Crippen LogP contribution >= 0.6 is 11.3 Å². The van der Waals surface area contributed by atoms with Crippen LogP contribution in [0.3, 0.4) is 0 Å². The lowest BCUT2D eigenvalue weighted by Gasteiger charge is -2.11. The van der Waals surface area contributed by atoms with Crippen LogP contribution in [0.15, 0.2) is 35.8 Å². The molecule has 0 unspecified atom stereocenters. The lowest BCUT2D eigenvalue weighted by Crippen LogP contribution is -2.27. The number of ether oxygens (including phenoxy) is 1. The molecule has 0 aliphatic carbocycles. The van der Waals surface area contributed by atoms with E-state index in [1.165, 1.54) is 0 Å². The summed E-state index contributed by atoms with van der Waals surface area (Å²) in [7, 11) is 0. The Morgan fingerprint density at radius 1 is 1.48 bits per heavy atom. The molecule has 23 heavy (non-hydrogen) atoms. The van der Waals surface area contributed by atoms with Crippen LogP contribution in [0.25, 0.3) is 16.2 Å². The predicted octanol–water partition coefficient (Wildman–Crippen LogP) is 3.49. The highest BCUT2D eigenvalue weighted by Gasteiger charge is 2.26. The molecule has 0 spiro atoms. The molecule has 1 fully saturated rings. The van der Waals surface area contributed by atoms with Crippen molar-refractivity contribution < 1.29 is 9.53 Å². The molecule has 0 saturated carbocycles. The van der Waals surface area contributed by atoms with Gasteiger partial charge >= 0.3 is 0 Å². The summed E-state index contributed by atoms with van der Waals surface area (Å²) in [5.41, 5.74) is 2.77. The highest BCUT2D eigenvalue weighted by atomic mass is 32.1. The van der Waals surface area contributed by atoms with Crippen LogP contribution in [0.5, 0.6) is 0 Å². The van der Waals surface area contributed by atoms with Crippen molar-refractivity contribution in [3.8, 4) is 10.6 Å². The largest absolute Gasteiger partial charge is 0.368 e. The Morgan fingerprint density at radius 3 is 3.13 bits per heavy atom. The van der Waals surface area contributed by atoms with E-state index >= 15 is 0 Å². The number of hydrogen-bond acceptors (Lipinski definition) is 4. The first kappa shape index (κ1) is 14.4. The molecule has 118 valence electrons. The Hall–Kier alpha value is -2.18. The lowest BCUT2D eigenvalue weighted by molar-refractivity contribution is -0.124. The molecule has 0 aromatic carbocycles. The van der Waals surface area contributed by atoms with Gasteiger partial charge in [-0.15, -0.1) is 11.3 Å². The van der Waals surface area contributed by atoms with Gasteiger partial charge in [-0.1, -0.05) is 6.07 Å². The van der Waals surface area contributed by atoms with E-state index in [1.807, 2.05) is 47.2 Å². The quantitative estimate of drug-likeness (QED) is 0.801. The third kappa shape index (κ3) is 2.64. The van der Waals surface area contributed by atoms with E-state index < -0.39 is 0 Å². The number of pyridine rings is 1. The molecule has 4 heterocycles. The Bertz CT molecular complexity index is 848. The zero-order valence-corrected chi connectivity index (χ0v) is 13.6. The summed E-state index contributed by atoms with van der Waals surface area (Å²) in [4.78, 5) is 18.2. The number of nitrogens with one attached hydrogen (secondary N) is 1. The number of amides is 1. The predicted molar refractivity (Wildman–Crippen MR) is 90.8 cm³/mol. The molecule has 0 radical (unpaired) electrons. The number of aryl methyl sites for hydroxylation is 1. The third-order valence-electron chi connectivity index (χ3n) is 4.00. The molecule has 0 bridgehead atoms. The minimum atomic E-state index is -0.359. The van der Waals surface area contributed by atoms with Crippen molar-refractivity contribution in [2.75, 3.05) is 11.9 Å². The van der Waals surface area contributed by atoms with Crippen molar-refractivity contribution in [2.45, 2.75) is 25.9 Å². The number of aromatic nitrogens is 2. The van der Waals surface area contributed by atoms with E-state index in [0.29, 0.717) is 12.4 Å². The normalized spacial score (nSPS) is 17.7. The molecule has 1 amide bonds. The van der Waals surface area contributed by atoms with Gasteiger partial charge in [0.25, 0.3) is 5.91 Å². The van der Waals surface area contributed by atoms with Crippen LogP contribution in [0.1, 0.15) is 18.4 Å². The summed E-state index contributed by atoms with van der Waals surface area (Å²) in [5.74, 6) is 0.616. The second-order valence-corrected chi connectivity index (χ2v) is 6.66. The molecule has 4 rings (SSSR count). The molecule has 3 aromatic heterocycles. The first-order valence-corrected chi connectivity index (χ1v) is 8.55. The van der Waals surface area contributed by atoms with E-state index in [1.54, 1.807) is 11.3 Å². The van der Waals surface area contributed by atoms with Crippen molar-refractivity contribution in [2.24, 2.45) is 0 Å². The van der Waals surface area contributed by atoms with Gasteiger partial charge in [-0.05, 0) is 48.9 Å². The highest BCUT2D eigenvalue weighted by molar-refractivity contribution is 7.13. The number of imidazole rings is 1. The van der Waals surface area contributed by atoms with Crippen LogP contribution < -0.4 is 5.32 Å². The molecule has 1 aliphatic heterocycles. The summed E-state index contributed by atoms with van der Waals surface area (Å²) in [6, 6.07) is 8.02. The van der Waals surface area contributed by atoms with Gasteiger partial charge in [0, 0.05) is 12.8 Å². The molecule has 1 aliphatic rings. The molecule has 1 atom stereocenters. The average Bonchev–Trinajstić information content (AvgIpc) is 3.28. The van der Waals surface area contributed by atoms with Gasteiger partial charge < -0.3 is 10.1 Å². The first-order chi connectivity index (χ1) is 11.2. The van der Waals surface area contributed by atoms with Gasteiger partial charge in [0.2, 0.25) is 0 Å². The summed E-state index contributed by atoms with van der Waals surface area (Å²) in [5, 5.41) is 5.04. The van der Waals surface area contributed by atoms with Crippen LogP contribution in [0.2, 0.25) is 0 Å². The van der Waals surface area contributed by atoms with Gasteiger partial charge in [-0.2, -0.15) is 0 Å². The second kappa shape index (κ2) is 5.79. The fourth-order valence-corrected chi connectivity index (χ4v) is 3.55. The number of carbonyl (C=O) groups is 1. The maximum atomic E-state index is 12.5. The Kier molecular flexibility index (Phi) is 3.63. The number of thiophene rings is 1. The molecule has 5 nitrogen and oxygen atoms in total. The van der Waals surface area contributed by atoms with E-state index in [-0.39, 0.29) is 12.0 Å². The van der Waals surface area contributed by atoms with Crippen molar-refractivity contribution in [3.63, 3.8) is 0 Å². The smallest absolute Gasteiger partial charge is 0.254 e. The zero-order valence-electron chi connectivity index (χ0n) is 12.8. The minimum absolute atomic E-state index is 0.0947. The maximum absolute atomic E-state index is 12.5. The SMILES string of the molecule is Cc1ccn2c(NC(=O)[C@H]3CCCO3)c(-c3cccs3)nc2c1. The summed E-state index contributed by atoms with van der Waals surface area (Å²) in [6.07, 6.45) is 3.29. The van der Waals surface area contributed by atoms with Crippen molar-refractivity contribution in [1.29, 1.82) is 0 Å². The van der Waals surface area contributed by atoms with E-state index in [9.17, 15) is 4.79 Å². The van der Waals surface area contributed by atoms with Crippen molar-refractivity contribution in [3.05, 3.63) is 41.4 Å². The summed E-state index contributed by atoms with van der Waals surface area (Å²) < 4.78 is 7.41. The fraction of sp³-hybridized carbons (Fsp3) is 0.294. The number of rotatable bonds is 3. The molecule has 6 heteroatoms. The minimum Gasteiger partial charge on any atom is -0.368 e. The average molecular weight is 327 g/mol. The molecule has 1 N–H and O–H groups in total. The molecule has 3 aromatic rings. The first-order valence-electron chi connectivity index (χ1n) is 7.67. The molecular weight excluding hydrogens is 310 g/mol. The highest BCUT2D eigenvalue weighted by Crippen LogP contribution is 2.32. The standard InChI is InChI=1S/C17H17N3O2S/c1-11-6-7-20-14(10-11)18-15(13-5-3-9-23-13)16(20)19-17(21)12-4-2-8-22-12/h3,5-7,9-10,12H,2,4,8H2,1H3,(H,19,21)/t12-/m1/s1. The van der Waals surface area contributed by atoms with Gasteiger partial charge in [-0.3, -0.25) is 9.20 Å². The van der Waals surface area contributed by atoms with Crippen molar-refractivity contribution in [1.82, 2.24) is 9.38 Å². The number of nitrogens with zero attached hydrogens (tertiary/aromatic N) is 2.